The Kier molecular flexibility index (Phi) is 5.46. The van der Waals surface area contributed by atoms with Crippen LogP contribution < -0.4 is 10.6 Å². The number of halogens is 1. The summed E-state index contributed by atoms with van der Waals surface area (Å²) in [4.78, 5) is 13.5. The van der Waals surface area contributed by atoms with Gasteiger partial charge in [-0.1, -0.05) is 19.3 Å². The lowest BCUT2D eigenvalue weighted by Gasteiger charge is -2.23. The molecule has 28 heavy (non-hydrogen) atoms. The number of benzene rings is 1. The third kappa shape index (κ3) is 4.44. The highest BCUT2D eigenvalue weighted by molar-refractivity contribution is 5.67. The van der Waals surface area contributed by atoms with Crippen LogP contribution in [0.1, 0.15) is 37.7 Å². The van der Waals surface area contributed by atoms with Crippen molar-refractivity contribution in [2.45, 2.75) is 45.1 Å². The van der Waals surface area contributed by atoms with Gasteiger partial charge in [0.05, 0.1) is 5.69 Å². The summed E-state index contributed by atoms with van der Waals surface area (Å²) in [5.74, 6) is 1.07. The zero-order valence-corrected chi connectivity index (χ0v) is 16.0. The van der Waals surface area contributed by atoms with E-state index in [9.17, 15) is 4.39 Å². The van der Waals surface area contributed by atoms with Crippen molar-refractivity contribution in [1.29, 1.82) is 0 Å². The summed E-state index contributed by atoms with van der Waals surface area (Å²) in [6, 6.07) is 11.1. The maximum Gasteiger partial charge on any atom is 0.225 e. The number of anilines is 3. The Labute approximate surface area is 164 Å². The molecule has 0 amide bonds. The molecule has 6 heteroatoms. The van der Waals surface area contributed by atoms with Crippen molar-refractivity contribution in [2.24, 2.45) is 0 Å². The SMILES string of the molecule is Cc1cc(Nc2cc(-c3ccncc3)nc(NC3CCCCC3)n2)ccc1F. The molecule has 0 unspecified atom stereocenters. The fraction of sp³-hybridized carbons (Fsp3) is 0.318. The predicted octanol–water partition coefficient (Wildman–Crippen LogP) is 5.47. The van der Waals surface area contributed by atoms with E-state index in [1.54, 1.807) is 31.5 Å². The van der Waals surface area contributed by atoms with Gasteiger partial charge in [-0.05, 0) is 55.7 Å². The average molecular weight is 377 g/mol. The van der Waals surface area contributed by atoms with E-state index in [1.807, 2.05) is 18.2 Å². The van der Waals surface area contributed by atoms with E-state index in [0.29, 0.717) is 23.4 Å². The first-order valence-electron chi connectivity index (χ1n) is 9.76. The van der Waals surface area contributed by atoms with Crippen molar-refractivity contribution in [1.82, 2.24) is 15.0 Å². The predicted molar refractivity (Wildman–Crippen MR) is 110 cm³/mol. The van der Waals surface area contributed by atoms with Gasteiger partial charge >= 0.3 is 0 Å². The summed E-state index contributed by atoms with van der Waals surface area (Å²) in [5, 5.41) is 6.79. The smallest absolute Gasteiger partial charge is 0.225 e. The summed E-state index contributed by atoms with van der Waals surface area (Å²) >= 11 is 0. The van der Waals surface area contributed by atoms with Crippen LogP contribution in [-0.2, 0) is 0 Å². The van der Waals surface area contributed by atoms with Crippen molar-refractivity contribution in [3.05, 3.63) is 60.2 Å². The molecule has 1 aliphatic rings. The number of hydrogen-bond donors (Lipinski definition) is 2. The normalized spacial score (nSPS) is 14.6. The number of pyridine rings is 1. The molecule has 5 nitrogen and oxygen atoms in total. The van der Waals surface area contributed by atoms with Gasteiger partial charge < -0.3 is 10.6 Å². The van der Waals surface area contributed by atoms with Crippen LogP contribution >= 0.6 is 0 Å². The Morgan fingerprint density at radius 1 is 0.964 bits per heavy atom. The summed E-state index contributed by atoms with van der Waals surface area (Å²) < 4.78 is 13.6. The van der Waals surface area contributed by atoms with Gasteiger partial charge in [0.15, 0.2) is 0 Å². The standard InChI is InChI=1S/C22H24FN5/c1-15-13-18(7-8-19(15)23)25-21-14-20(16-9-11-24-12-10-16)27-22(28-21)26-17-5-3-2-4-6-17/h7-14,17H,2-6H2,1H3,(H2,25,26,27,28). The van der Waals surface area contributed by atoms with Crippen LogP contribution in [0.2, 0.25) is 0 Å². The largest absolute Gasteiger partial charge is 0.351 e. The maximum absolute atomic E-state index is 13.6. The van der Waals surface area contributed by atoms with Gasteiger partial charge in [0, 0.05) is 35.8 Å². The fourth-order valence-electron chi connectivity index (χ4n) is 3.55. The van der Waals surface area contributed by atoms with E-state index in [1.165, 1.54) is 25.3 Å². The first kappa shape index (κ1) is 18.3. The number of rotatable bonds is 5. The van der Waals surface area contributed by atoms with Crippen LogP contribution in [0.4, 0.5) is 21.8 Å². The molecule has 0 bridgehead atoms. The molecule has 1 aromatic carbocycles. The molecule has 0 saturated heterocycles. The molecule has 0 spiro atoms. The zero-order chi connectivity index (χ0) is 19.3. The third-order valence-electron chi connectivity index (χ3n) is 5.07. The minimum atomic E-state index is -0.217. The Balaban J connectivity index is 1.65. The number of aryl methyl sites for hydroxylation is 1. The molecule has 144 valence electrons. The Hall–Kier alpha value is -3.02. The van der Waals surface area contributed by atoms with Gasteiger partial charge in [0.2, 0.25) is 5.95 Å². The summed E-state index contributed by atoms with van der Waals surface area (Å²) in [5.41, 5.74) is 3.18. The Bertz CT molecular complexity index is 939. The van der Waals surface area contributed by atoms with Gasteiger partial charge in [-0.25, -0.2) is 9.37 Å². The van der Waals surface area contributed by atoms with Gasteiger partial charge in [-0.3, -0.25) is 4.98 Å². The number of aromatic nitrogens is 3. The Morgan fingerprint density at radius 3 is 2.50 bits per heavy atom. The molecule has 0 atom stereocenters. The first-order valence-corrected chi connectivity index (χ1v) is 9.76. The number of nitrogens with one attached hydrogen (secondary N) is 2. The summed E-state index contributed by atoms with van der Waals surface area (Å²) in [6.07, 6.45) is 9.56. The molecule has 2 N–H and O–H groups in total. The third-order valence-corrected chi connectivity index (χ3v) is 5.07. The maximum atomic E-state index is 13.6. The number of nitrogens with zero attached hydrogens (tertiary/aromatic N) is 3. The van der Waals surface area contributed by atoms with E-state index in [4.69, 9.17) is 4.98 Å². The van der Waals surface area contributed by atoms with Gasteiger partial charge in [-0.2, -0.15) is 4.98 Å². The van der Waals surface area contributed by atoms with E-state index in [2.05, 4.69) is 20.6 Å². The van der Waals surface area contributed by atoms with Crippen LogP contribution in [0.3, 0.4) is 0 Å². The van der Waals surface area contributed by atoms with Crippen LogP contribution in [0.15, 0.2) is 48.8 Å². The second-order valence-corrected chi connectivity index (χ2v) is 7.27. The molecule has 1 fully saturated rings. The van der Waals surface area contributed by atoms with E-state index in [-0.39, 0.29) is 5.82 Å². The summed E-state index contributed by atoms with van der Waals surface area (Å²) in [6.45, 7) is 1.75. The zero-order valence-electron chi connectivity index (χ0n) is 16.0. The highest BCUT2D eigenvalue weighted by Gasteiger charge is 2.15. The number of hydrogen-bond acceptors (Lipinski definition) is 5. The van der Waals surface area contributed by atoms with E-state index < -0.39 is 0 Å². The lowest BCUT2D eigenvalue weighted by atomic mass is 9.96. The van der Waals surface area contributed by atoms with Gasteiger partial charge in [-0.15, -0.1) is 0 Å². The van der Waals surface area contributed by atoms with Gasteiger partial charge in [0.25, 0.3) is 0 Å². The van der Waals surface area contributed by atoms with Crippen molar-refractivity contribution in [3.63, 3.8) is 0 Å². The topological polar surface area (TPSA) is 62.7 Å². The second kappa shape index (κ2) is 8.33. The van der Waals surface area contributed by atoms with Crippen LogP contribution in [-0.4, -0.2) is 21.0 Å². The van der Waals surface area contributed by atoms with Crippen molar-refractivity contribution >= 4 is 17.5 Å². The minimum Gasteiger partial charge on any atom is -0.351 e. The first-order chi connectivity index (χ1) is 13.7. The van der Waals surface area contributed by atoms with E-state index >= 15 is 0 Å². The van der Waals surface area contributed by atoms with Crippen LogP contribution in [0.25, 0.3) is 11.3 Å². The molecule has 1 aliphatic carbocycles. The quantitative estimate of drug-likeness (QED) is 0.617. The van der Waals surface area contributed by atoms with Crippen molar-refractivity contribution < 1.29 is 4.39 Å². The summed E-state index contributed by atoms with van der Waals surface area (Å²) in [7, 11) is 0. The lowest BCUT2D eigenvalue weighted by Crippen LogP contribution is -2.23. The molecular weight excluding hydrogens is 353 g/mol. The molecular formula is C22H24FN5. The highest BCUT2D eigenvalue weighted by Crippen LogP contribution is 2.26. The van der Waals surface area contributed by atoms with Crippen LogP contribution in [0.5, 0.6) is 0 Å². The molecule has 2 heterocycles. The fourth-order valence-corrected chi connectivity index (χ4v) is 3.55. The molecule has 0 aliphatic heterocycles. The lowest BCUT2D eigenvalue weighted by molar-refractivity contribution is 0.461. The highest BCUT2D eigenvalue weighted by atomic mass is 19.1. The molecule has 4 rings (SSSR count). The molecule has 0 radical (unpaired) electrons. The van der Waals surface area contributed by atoms with E-state index in [0.717, 1.165) is 29.8 Å². The minimum absolute atomic E-state index is 0.217. The van der Waals surface area contributed by atoms with Crippen molar-refractivity contribution in [3.8, 4) is 11.3 Å². The van der Waals surface area contributed by atoms with Crippen molar-refractivity contribution in [2.75, 3.05) is 10.6 Å². The van der Waals surface area contributed by atoms with Gasteiger partial charge in [0.1, 0.15) is 11.6 Å². The monoisotopic (exact) mass is 377 g/mol. The van der Waals surface area contributed by atoms with Crippen LogP contribution in [0, 0.1) is 12.7 Å². The molecule has 2 aromatic heterocycles. The molecule has 3 aromatic rings. The Morgan fingerprint density at radius 2 is 1.75 bits per heavy atom. The molecule has 1 saturated carbocycles. The second-order valence-electron chi connectivity index (χ2n) is 7.27. The average Bonchev–Trinajstić information content (AvgIpc) is 2.72.